The Hall–Kier alpha value is -7.07. The van der Waals surface area contributed by atoms with E-state index in [1.807, 2.05) is 66.7 Å². The number of furan rings is 1. The third kappa shape index (κ3) is 8.68. The molecule has 5 nitrogen and oxygen atoms in total. The molecular weight excluding hydrogens is 1020 g/mol. The van der Waals surface area contributed by atoms with Gasteiger partial charge in [-0.3, -0.25) is 0 Å². The summed E-state index contributed by atoms with van der Waals surface area (Å²) < 4.78 is 6.33. The van der Waals surface area contributed by atoms with Crippen LogP contribution in [-0.4, -0.2) is 20.2 Å². The SMILES string of the molecule is CC(C)c1cccc(C(C)C)c1-c1cc(-c2cccc(-c3cc(-c4c(-c5ccccc5)cc(C(C)(C)C)cc4-c4ccccc4)ccc3O)n2)nc(-c2cc3oc4ccccc4c3cc2O)c1.[Pt]. The number of aromatic nitrogens is 2. The number of benzene rings is 7. The van der Waals surface area contributed by atoms with Gasteiger partial charge in [-0.25, -0.2) is 9.97 Å². The van der Waals surface area contributed by atoms with E-state index in [0.717, 1.165) is 60.9 Å². The Morgan fingerprint density at radius 1 is 0.412 bits per heavy atom. The molecule has 0 spiro atoms. The summed E-state index contributed by atoms with van der Waals surface area (Å²) in [7, 11) is 0. The molecule has 0 amide bonds. The minimum atomic E-state index is -0.104. The van der Waals surface area contributed by atoms with Crippen molar-refractivity contribution in [1.82, 2.24) is 9.97 Å². The van der Waals surface area contributed by atoms with Gasteiger partial charge in [0.2, 0.25) is 0 Å². The van der Waals surface area contributed by atoms with Crippen LogP contribution in [0.5, 0.6) is 11.5 Å². The van der Waals surface area contributed by atoms with Gasteiger partial charge in [0.1, 0.15) is 22.7 Å². The summed E-state index contributed by atoms with van der Waals surface area (Å²) in [5, 5.41) is 25.3. The largest absolute Gasteiger partial charge is 0.507 e. The molecule has 7 aromatic carbocycles. The van der Waals surface area contributed by atoms with Crippen molar-refractivity contribution in [2.24, 2.45) is 0 Å². The number of pyridine rings is 2. The van der Waals surface area contributed by atoms with E-state index >= 15 is 0 Å². The Balaban J connectivity index is 0.00000578. The van der Waals surface area contributed by atoms with Gasteiger partial charge in [-0.2, -0.15) is 0 Å². The standard InChI is InChI=1S/C62H54N2O3.Pt/c1-37(2)44-23-16-24-45(38(3)4)61(44)42-31-54(51-36-59-49(35-57(51)66)46-22-14-15-27-58(46)67-59)64-55(32-42)53-26-17-25-52(63-53)50-30-41(28-29-56(50)65)60-47(39-18-10-8-11-19-39)33-43(62(5,6)7)34-48(60)40-20-12-9-13-21-40;/h8-38,65-66H,1-7H3;. The molecule has 0 aliphatic rings. The first-order chi connectivity index (χ1) is 32.3. The van der Waals surface area contributed by atoms with Gasteiger partial charge in [-0.15, -0.1) is 0 Å². The van der Waals surface area contributed by atoms with E-state index in [2.05, 4.69) is 146 Å². The number of phenols is 2. The van der Waals surface area contributed by atoms with E-state index in [1.54, 1.807) is 12.1 Å². The van der Waals surface area contributed by atoms with Crippen LogP contribution in [-0.2, 0) is 26.5 Å². The van der Waals surface area contributed by atoms with Crippen molar-refractivity contribution >= 4 is 21.9 Å². The normalized spacial score (nSPS) is 11.7. The zero-order valence-corrected chi connectivity index (χ0v) is 41.7. The maximum atomic E-state index is 11.8. The molecule has 3 aromatic heterocycles. The van der Waals surface area contributed by atoms with Crippen LogP contribution < -0.4 is 0 Å². The molecule has 0 bridgehead atoms. The Morgan fingerprint density at radius 3 is 1.60 bits per heavy atom. The van der Waals surface area contributed by atoms with E-state index in [9.17, 15) is 10.2 Å². The third-order valence-electron chi connectivity index (χ3n) is 13.0. The van der Waals surface area contributed by atoms with Crippen LogP contribution >= 0.6 is 0 Å². The first-order valence-electron chi connectivity index (χ1n) is 23.2. The average molecular weight is 1070 g/mol. The van der Waals surface area contributed by atoms with Gasteiger partial charge in [0.15, 0.2) is 0 Å². The molecule has 340 valence electrons. The first kappa shape index (κ1) is 46.1. The predicted octanol–water partition coefficient (Wildman–Crippen LogP) is 17.0. The van der Waals surface area contributed by atoms with Crippen LogP contribution in [0.3, 0.4) is 0 Å². The number of phenolic OH excluding ortho intramolecular Hbond substituents is 2. The summed E-state index contributed by atoms with van der Waals surface area (Å²) in [5.74, 6) is 0.737. The molecule has 6 heteroatoms. The van der Waals surface area contributed by atoms with Gasteiger partial charge in [0.25, 0.3) is 0 Å². The summed E-state index contributed by atoms with van der Waals surface area (Å²) in [6.45, 7) is 15.7. The summed E-state index contributed by atoms with van der Waals surface area (Å²) >= 11 is 0. The first-order valence-corrected chi connectivity index (χ1v) is 23.2. The van der Waals surface area contributed by atoms with E-state index in [4.69, 9.17) is 14.4 Å². The fourth-order valence-electron chi connectivity index (χ4n) is 9.49. The van der Waals surface area contributed by atoms with Crippen LogP contribution in [0.2, 0.25) is 0 Å². The predicted molar refractivity (Wildman–Crippen MR) is 278 cm³/mol. The Bertz CT molecular complexity index is 3390. The fourth-order valence-corrected chi connectivity index (χ4v) is 9.49. The second-order valence-corrected chi connectivity index (χ2v) is 19.3. The summed E-state index contributed by atoms with van der Waals surface area (Å²) in [6, 6.07) is 59.8. The van der Waals surface area contributed by atoms with Crippen molar-refractivity contribution < 1.29 is 35.7 Å². The molecule has 0 saturated heterocycles. The van der Waals surface area contributed by atoms with Gasteiger partial charge in [0, 0.05) is 43.0 Å². The number of hydrogen-bond acceptors (Lipinski definition) is 5. The van der Waals surface area contributed by atoms with Crippen molar-refractivity contribution in [1.29, 1.82) is 0 Å². The number of fused-ring (bicyclic) bond motifs is 3. The summed E-state index contributed by atoms with van der Waals surface area (Å²) in [5.41, 5.74) is 17.3. The zero-order valence-electron chi connectivity index (χ0n) is 39.4. The van der Waals surface area contributed by atoms with Crippen molar-refractivity contribution in [2.75, 3.05) is 0 Å². The number of hydrogen-bond donors (Lipinski definition) is 2. The van der Waals surface area contributed by atoms with Gasteiger partial charge >= 0.3 is 0 Å². The number of aromatic hydroxyl groups is 2. The molecule has 10 rings (SSSR count). The number of para-hydroxylation sites is 1. The Morgan fingerprint density at radius 2 is 0.971 bits per heavy atom. The van der Waals surface area contributed by atoms with Gasteiger partial charge in [0.05, 0.1) is 22.8 Å². The molecule has 0 unspecified atom stereocenters. The van der Waals surface area contributed by atoms with Gasteiger partial charge in [-0.1, -0.05) is 158 Å². The van der Waals surface area contributed by atoms with Gasteiger partial charge in [-0.05, 0) is 145 Å². The minimum Gasteiger partial charge on any atom is -0.507 e. The number of rotatable bonds is 9. The van der Waals surface area contributed by atoms with Crippen molar-refractivity contribution in [2.45, 2.75) is 65.7 Å². The topological polar surface area (TPSA) is 79.4 Å². The molecule has 0 fully saturated rings. The van der Waals surface area contributed by atoms with Crippen LogP contribution in [0, 0.1) is 0 Å². The van der Waals surface area contributed by atoms with Crippen LogP contribution in [0.25, 0.3) is 100 Å². The fraction of sp³-hybridized carbons (Fsp3) is 0.161. The molecular formula is C62H54N2O3Pt. The molecule has 0 radical (unpaired) electrons. The maximum Gasteiger partial charge on any atom is 0.136 e. The van der Waals surface area contributed by atoms with E-state index in [1.165, 1.54) is 16.7 Å². The molecule has 0 aliphatic heterocycles. The third-order valence-corrected chi connectivity index (χ3v) is 13.0. The second-order valence-electron chi connectivity index (χ2n) is 19.3. The van der Waals surface area contributed by atoms with Crippen LogP contribution in [0.4, 0.5) is 0 Å². The molecule has 0 aliphatic carbocycles. The molecule has 68 heavy (non-hydrogen) atoms. The number of nitrogens with zero attached hydrogens (tertiary/aromatic N) is 2. The van der Waals surface area contributed by atoms with Crippen LogP contribution in [0.15, 0.2) is 180 Å². The second kappa shape index (κ2) is 18.5. The Labute approximate surface area is 413 Å². The monoisotopic (exact) mass is 1070 g/mol. The molecule has 0 atom stereocenters. The smallest absolute Gasteiger partial charge is 0.136 e. The minimum absolute atomic E-state index is 0. The summed E-state index contributed by atoms with van der Waals surface area (Å²) in [4.78, 5) is 10.6. The van der Waals surface area contributed by atoms with Crippen molar-refractivity contribution in [3.63, 3.8) is 0 Å². The average Bonchev–Trinajstić information content (AvgIpc) is 3.70. The molecule has 10 aromatic rings. The van der Waals surface area contributed by atoms with Crippen LogP contribution in [0.1, 0.15) is 77.0 Å². The van der Waals surface area contributed by atoms with Crippen molar-refractivity contribution in [3.05, 3.63) is 193 Å². The Kier molecular flexibility index (Phi) is 12.6. The van der Waals surface area contributed by atoms with E-state index in [0.29, 0.717) is 39.5 Å². The van der Waals surface area contributed by atoms with E-state index < -0.39 is 0 Å². The van der Waals surface area contributed by atoms with Crippen molar-refractivity contribution in [3.8, 4) is 89.9 Å². The quantitative estimate of drug-likeness (QED) is 0.151. The molecule has 2 N–H and O–H groups in total. The maximum absolute atomic E-state index is 11.8. The zero-order chi connectivity index (χ0) is 46.6. The summed E-state index contributed by atoms with van der Waals surface area (Å²) in [6.07, 6.45) is 0. The molecule has 3 heterocycles. The van der Waals surface area contributed by atoms with Gasteiger partial charge < -0.3 is 14.6 Å². The molecule has 0 saturated carbocycles. The van der Waals surface area contributed by atoms with E-state index in [-0.39, 0.29) is 49.8 Å².